The number of hydrogen-bond donors (Lipinski definition) is 3. The van der Waals surface area contributed by atoms with Crippen molar-refractivity contribution in [3.05, 3.63) is 0 Å². The van der Waals surface area contributed by atoms with Gasteiger partial charge >= 0.3 is 12.0 Å². The van der Waals surface area contributed by atoms with Crippen LogP contribution in [-0.4, -0.2) is 46.5 Å². The molecule has 3 amide bonds. The summed E-state index contributed by atoms with van der Waals surface area (Å²) in [4.78, 5) is 36.0. The molecule has 1 aliphatic rings. The SMILES string of the molecule is CC(C)N(CC(N)=O)C(=O)NC1CCCCCC1C(=O)O. The number of urea groups is 1. The Kier molecular flexibility index (Phi) is 6.45. The number of carboxylic acid groups (broad SMARTS) is 1. The van der Waals surface area contributed by atoms with Gasteiger partial charge in [-0.15, -0.1) is 0 Å². The van der Waals surface area contributed by atoms with Gasteiger partial charge in [0.1, 0.15) is 6.54 Å². The fourth-order valence-corrected chi connectivity index (χ4v) is 2.67. The highest BCUT2D eigenvalue weighted by Gasteiger charge is 2.32. The van der Waals surface area contributed by atoms with Crippen molar-refractivity contribution in [2.45, 2.75) is 58.0 Å². The number of carboxylic acids is 1. The van der Waals surface area contributed by atoms with Crippen molar-refractivity contribution >= 4 is 17.9 Å². The van der Waals surface area contributed by atoms with Crippen LogP contribution in [0.1, 0.15) is 46.0 Å². The second-order valence-electron chi connectivity index (χ2n) is 5.83. The van der Waals surface area contributed by atoms with Crippen LogP contribution in [0.25, 0.3) is 0 Å². The highest BCUT2D eigenvalue weighted by molar-refractivity contribution is 5.83. The van der Waals surface area contributed by atoms with Gasteiger partial charge in [-0.2, -0.15) is 0 Å². The molecule has 0 bridgehead atoms. The lowest BCUT2D eigenvalue weighted by atomic mass is 9.95. The Labute approximate surface area is 124 Å². The van der Waals surface area contributed by atoms with E-state index in [-0.39, 0.29) is 12.6 Å². The van der Waals surface area contributed by atoms with Gasteiger partial charge in [-0.3, -0.25) is 9.59 Å². The minimum absolute atomic E-state index is 0.173. The first-order chi connectivity index (χ1) is 9.82. The molecule has 0 aromatic rings. The van der Waals surface area contributed by atoms with Crippen LogP contribution in [0.5, 0.6) is 0 Å². The Morgan fingerprint density at radius 2 is 1.86 bits per heavy atom. The summed E-state index contributed by atoms with van der Waals surface area (Å²) in [6, 6.07) is -1.01. The third-order valence-corrected chi connectivity index (χ3v) is 3.85. The quantitative estimate of drug-likeness (QED) is 0.655. The van der Waals surface area contributed by atoms with Gasteiger partial charge in [0.15, 0.2) is 0 Å². The van der Waals surface area contributed by atoms with E-state index in [1.807, 2.05) is 0 Å². The molecule has 1 saturated carbocycles. The number of carbonyl (C=O) groups is 3. The van der Waals surface area contributed by atoms with Gasteiger partial charge in [0, 0.05) is 12.1 Å². The first-order valence-electron chi connectivity index (χ1n) is 7.41. The lowest BCUT2D eigenvalue weighted by molar-refractivity contribution is -0.142. The van der Waals surface area contributed by atoms with Crippen LogP contribution in [0.3, 0.4) is 0 Å². The van der Waals surface area contributed by atoms with Crippen molar-refractivity contribution < 1.29 is 19.5 Å². The summed E-state index contributed by atoms with van der Waals surface area (Å²) < 4.78 is 0. The highest BCUT2D eigenvalue weighted by atomic mass is 16.4. The number of nitrogens with one attached hydrogen (secondary N) is 1. The van der Waals surface area contributed by atoms with Crippen molar-refractivity contribution in [3.8, 4) is 0 Å². The van der Waals surface area contributed by atoms with E-state index in [0.717, 1.165) is 19.3 Å². The molecule has 2 unspecified atom stereocenters. The van der Waals surface area contributed by atoms with Gasteiger partial charge in [-0.05, 0) is 26.7 Å². The average Bonchev–Trinajstić information content (AvgIpc) is 2.60. The molecule has 0 radical (unpaired) electrons. The van der Waals surface area contributed by atoms with Crippen LogP contribution in [0.15, 0.2) is 0 Å². The summed E-state index contributed by atoms with van der Waals surface area (Å²) in [6.45, 7) is 3.39. The Bertz CT molecular complexity index is 398. The zero-order valence-electron chi connectivity index (χ0n) is 12.7. The molecule has 1 aliphatic carbocycles. The van der Waals surface area contributed by atoms with Gasteiger partial charge in [-0.25, -0.2) is 4.79 Å². The van der Waals surface area contributed by atoms with Gasteiger partial charge in [0.05, 0.1) is 5.92 Å². The second-order valence-corrected chi connectivity index (χ2v) is 5.83. The van der Waals surface area contributed by atoms with Crippen molar-refractivity contribution in [1.82, 2.24) is 10.2 Å². The number of nitrogens with zero attached hydrogens (tertiary/aromatic N) is 1. The first-order valence-corrected chi connectivity index (χ1v) is 7.41. The molecule has 1 rings (SSSR count). The van der Waals surface area contributed by atoms with Crippen LogP contribution in [0, 0.1) is 5.92 Å². The smallest absolute Gasteiger partial charge is 0.318 e. The molecule has 0 saturated heterocycles. The number of carbonyl (C=O) groups excluding carboxylic acids is 2. The molecule has 1 fully saturated rings. The van der Waals surface area contributed by atoms with Crippen LogP contribution in [0.4, 0.5) is 4.79 Å². The minimum Gasteiger partial charge on any atom is -0.481 e. The van der Waals surface area contributed by atoms with Crippen molar-refractivity contribution in [1.29, 1.82) is 0 Å². The second kappa shape index (κ2) is 7.85. The number of nitrogens with two attached hydrogens (primary N) is 1. The topological polar surface area (TPSA) is 113 Å². The van der Waals surface area contributed by atoms with Crippen LogP contribution in [0.2, 0.25) is 0 Å². The molecule has 7 heteroatoms. The maximum absolute atomic E-state index is 12.3. The van der Waals surface area contributed by atoms with Crippen molar-refractivity contribution in [2.75, 3.05) is 6.54 Å². The van der Waals surface area contributed by atoms with E-state index >= 15 is 0 Å². The zero-order chi connectivity index (χ0) is 16.0. The van der Waals surface area contributed by atoms with Crippen LogP contribution >= 0.6 is 0 Å². The van der Waals surface area contributed by atoms with E-state index < -0.39 is 29.9 Å². The first kappa shape index (κ1) is 17.3. The van der Waals surface area contributed by atoms with Crippen LogP contribution < -0.4 is 11.1 Å². The molecule has 0 heterocycles. The number of aliphatic carboxylic acids is 1. The van der Waals surface area contributed by atoms with Crippen LogP contribution in [-0.2, 0) is 9.59 Å². The Morgan fingerprint density at radius 1 is 1.24 bits per heavy atom. The molecule has 2 atom stereocenters. The lowest BCUT2D eigenvalue weighted by Gasteiger charge is -2.30. The number of primary amides is 1. The van der Waals surface area contributed by atoms with Crippen molar-refractivity contribution in [3.63, 3.8) is 0 Å². The molecule has 0 spiro atoms. The summed E-state index contributed by atoms with van der Waals surface area (Å²) in [6.07, 6.45) is 3.94. The molecule has 21 heavy (non-hydrogen) atoms. The summed E-state index contributed by atoms with van der Waals surface area (Å²) >= 11 is 0. The fraction of sp³-hybridized carbons (Fsp3) is 0.786. The minimum atomic E-state index is -0.881. The predicted molar refractivity (Wildman–Crippen MR) is 77.6 cm³/mol. The largest absolute Gasteiger partial charge is 0.481 e. The average molecular weight is 299 g/mol. The molecule has 0 aromatic heterocycles. The third kappa shape index (κ3) is 5.24. The number of hydrogen-bond acceptors (Lipinski definition) is 3. The van der Waals surface area contributed by atoms with Crippen molar-refractivity contribution in [2.24, 2.45) is 11.7 Å². The number of rotatable bonds is 5. The van der Waals surface area contributed by atoms with E-state index in [4.69, 9.17) is 5.73 Å². The normalized spacial score (nSPS) is 22.4. The predicted octanol–water partition coefficient (Wildman–Crippen LogP) is 0.925. The molecule has 4 N–H and O–H groups in total. The third-order valence-electron chi connectivity index (χ3n) is 3.85. The van der Waals surface area contributed by atoms with Gasteiger partial charge in [-0.1, -0.05) is 19.3 Å². The van der Waals surface area contributed by atoms with E-state index in [1.165, 1.54) is 4.90 Å². The maximum Gasteiger partial charge on any atom is 0.318 e. The summed E-state index contributed by atoms with van der Waals surface area (Å²) in [7, 11) is 0. The molecular weight excluding hydrogens is 274 g/mol. The van der Waals surface area contributed by atoms with Gasteiger partial charge < -0.3 is 21.1 Å². The molecule has 120 valence electrons. The number of amides is 3. The zero-order valence-corrected chi connectivity index (χ0v) is 12.7. The standard InChI is InChI=1S/C14H25N3O4/c1-9(2)17(8-12(15)18)14(21)16-11-7-5-3-4-6-10(11)13(19)20/h9-11H,3-8H2,1-2H3,(H2,15,18)(H,16,21)(H,19,20). The molecule has 0 aromatic carbocycles. The summed E-state index contributed by atoms with van der Waals surface area (Å²) in [5.74, 6) is -2.04. The van der Waals surface area contributed by atoms with Gasteiger partial charge in [0.25, 0.3) is 0 Å². The molecule has 0 aliphatic heterocycles. The molecular formula is C14H25N3O4. The lowest BCUT2D eigenvalue weighted by Crippen LogP contribution is -2.52. The Morgan fingerprint density at radius 3 is 2.38 bits per heavy atom. The fourth-order valence-electron chi connectivity index (χ4n) is 2.67. The molecule has 7 nitrogen and oxygen atoms in total. The maximum atomic E-state index is 12.3. The summed E-state index contributed by atoms with van der Waals surface area (Å²) in [5, 5.41) is 12.1. The Hall–Kier alpha value is -1.79. The van der Waals surface area contributed by atoms with E-state index in [2.05, 4.69) is 5.32 Å². The van der Waals surface area contributed by atoms with Gasteiger partial charge in [0.2, 0.25) is 5.91 Å². The highest BCUT2D eigenvalue weighted by Crippen LogP contribution is 2.24. The van der Waals surface area contributed by atoms with E-state index in [0.29, 0.717) is 12.8 Å². The summed E-state index contributed by atoms with van der Waals surface area (Å²) in [5.41, 5.74) is 5.15. The van der Waals surface area contributed by atoms with E-state index in [9.17, 15) is 19.5 Å². The Balaban J connectivity index is 2.76. The van der Waals surface area contributed by atoms with E-state index in [1.54, 1.807) is 13.8 Å². The monoisotopic (exact) mass is 299 g/mol.